The number of nitrogens with zero attached hydrogens (tertiary/aromatic N) is 3. The molecule has 31 heavy (non-hydrogen) atoms. The number of anilines is 3. The third kappa shape index (κ3) is 4.22. The van der Waals surface area contributed by atoms with Gasteiger partial charge in [0.15, 0.2) is 0 Å². The van der Waals surface area contributed by atoms with Crippen LogP contribution in [0.2, 0.25) is 0 Å². The Hall–Kier alpha value is -3.45. The van der Waals surface area contributed by atoms with Gasteiger partial charge in [-0.3, -0.25) is 9.69 Å². The minimum atomic E-state index is -0.0493. The van der Waals surface area contributed by atoms with E-state index in [1.54, 1.807) is 13.3 Å². The second kappa shape index (κ2) is 8.35. The van der Waals surface area contributed by atoms with Crippen molar-refractivity contribution >= 4 is 23.2 Å². The maximum Gasteiger partial charge on any atom is 0.228 e. The lowest BCUT2D eigenvalue weighted by atomic mass is 10.0. The van der Waals surface area contributed by atoms with Crippen molar-refractivity contribution in [1.82, 2.24) is 14.9 Å². The van der Waals surface area contributed by atoms with Gasteiger partial charge in [0.25, 0.3) is 0 Å². The highest BCUT2D eigenvalue weighted by molar-refractivity contribution is 6.00. The molecule has 1 aromatic heterocycles. The van der Waals surface area contributed by atoms with E-state index in [4.69, 9.17) is 9.72 Å². The fourth-order valence-corrected chi connectivity index (χ4v) is 4.19. The molecule has 7 heteroatoms. The Labute approximate surface area is 181 Å². The van der Waals surface area contributed by atoms with Crippen LogP contribution in [0.5, 0.6) is 5.75 Å². The molecular formula is C24H25N5O2. The van der Waals surface area contributed by atoms with Crippen molar-refractivity contribution in [1.29, 1.82) is 0 Å². The van der Waals surface area contributed by atoms with E-state index < -0.39 is 0 Å². The van der Waals surface area contributed by atoms with Crippen molar-refractivity contribution in [2.75, 3.05) is 30.8 Å². The molecule has 0 unspecified atom stereocenters. The van der Waals surface area contributed by atoms with Gasteiger partial charge in [-0.2, -0.15) is 0 Å². The van der Waals surface area contributed by atoms with E-state index in [9.17, 15) is 4.79 Å². The Kier molecular flexibility index (Phi) is 5.26. The molecule has 7 nitrogen and oxygen atoms in total. The van der Waals surface area contributed by atoms with Crippen LogP contribution in [0.25, 0.3) is 11.3 Å². The zero-order valence-electron chi connectivity index (χ0n) is 17.5. The average molecular weight is 415 g/mol. The van der Waals surface area contributed by atoms with Gasteiger partial charge in [0.05, 0.1) is 24.9 Å². The van der Waals surface area contributed by atoms with Crippen molar-refractivity contribution in [2.24, 2.45) is 0 Å². The quantitative estimate of drug-likeness (QED) is 0.656. The number of ether oxygens (including phenoxy) is 1. The molecule has 1 fully saturated rings. The standard InChI is InChI=1S/C24H25N5O2/c1-31-19-7-5-18(6-8-19)26-24-25-14-17-13-22(30)27-21-9-4-16(12-20(21)23(17)28-24)15-29-10-2-3-11-29/h4-9,12,14H,2-3,10-11,13,15H2,1H3,(H,27,30)(H,25,26,28). The Morgan fingerprint density at radius 3 is 2.71 bits per heavy atom. The number of hydrogen-bond donors (Lipinski definition) is 2. The van der Waals surface area contributed by atoms with Gasteiger partial charge >= 0.3 is 0 Å². The predicted octanol–water partition coefficient (Wildman–Crippen LogP) is 3.99. The van der Waals surface area contributed by atoms with Gasteiger partial charge in [-0.15, -0.1) is 0 Å². The summed E-state index contributed by atoms with van der Waals surface area (Å²) in [6.07, 6.45) is 4.53. The number of hydrogen-bond acceptors (Lipinski definition) is 6. The lowest BCUT2D eigenvalue weighted by Crippen LogP contribution is -2.18. The van der Waals surface area contributed by atoms with Crippen molar-refractivity contribution < 1.29 is 9.53 Å². The van der Waals surface area contributed by atoms with Gasteiger partial charge in [0, 0.05) is 29.6 Å². The fraction of sp³-hybridized carbons (Fsp3) is 0.292. The summed E-state index contributed by atoms with van der Waals surface area (Å²) in [7, 11) is 1.64. The van der Waals surface area contributed by atoms with Crippen molar-refractivity contribution in [2.45, 2.75) is 25.8 Å². The van der Waals surface area contributed by atoms with Crippen molar-refractivity contribution in [3.8, 4) is 17.0 Å². The highest BCUT2D eigenvalue weighted by atomic mass is 16.5. The average Bonchev–Trinajstić information content (AvgIpc) is 3.24. The van der Waals surface area contributed by atoms with Gasteiger partial charge < -0.3 is 15.4 Å². The number of fused-ring (bicyclic) bond motifs is 3. The zero-order valence-corrected chi connectivity index (χ0v) is 17.5. The van der Waals surface area contributed by atoms with Crippen LogP contribution < -0.4 is 15.4 Å². The van der Waals surface area contributed by atoms with Crippen LogP contribution in [0.15, 0.2) is 48.7 Å². The Bertz CT molecular complexity index is 1110. The molecule has 158 valence electrons. The van der Waals surface area contributed by atoms with Crippen molar-refractivity contribution in [3.05, 3.63) is 59.8 Å². The Morgan fingerprint density at radius 2 is 1.94 bits per heavy atom. The van der Waals surface area contributed by atoms with Gasteiger partial charge in [-0.05, 0) is 67.9 Å². The van der Waals surface area contributed by atoms with Crippen LogP contribution >= 0.6 is 0 Å². The number of rotatable bonds is 5. The third-order valence-electron chi connectivity index (χ3n) is 5.78. The van der Waals surface area contributed by atoms with Crippen molar-refractivity contribution in [3.63, 3.8) is 0 Å². The number of carbonyl (C=O) groups is 1. The molecule has 1 saturated heterocycles. The summed E-state index contributed by atoms with van der Waals surface area (Å²) in [5, 5.41) is 6.27. The molecule has 0 bridgehead atoms. The molecule has 3 heterocycles. The molecule has 2 aliphatic heterocycles. The number of carbonyl (C=O) groups excluding carboxylic acids is 1. The molecule has 1 amide bonds. The van der Waals surface area contributed by atoms with E-state index in [1.807, 2.05) is 30.3 Å². The first-order chi connectivity index (χ1) is 15.2. The van der Waals surface area contributed by atoms with Crippen LogP contribution in [0, 0.1) is 0 Å². The lowest BCUT2D eigenvalue weighted by molar-refractivity contribution is -0.115. The molecular weight excluding hydrogens is 390 g/mol. The fourth-order valence-electron chi connectivity index (χ4n) is 4.19. The smallest absolute Gasteiger partial charge is 0.228 e. The molecule has 5 rings (SSSR count). The first-order valence-corrected chi connectivity index (χ1v) is 10.6. The molecule has 2 aromatic carbocycles. The van der Waals surface area contributed by atoms with Gasteiger partial charge in [0.2, 0.25) is 11.9 Å². The van der Waals surface area contributed by atoms with Gasteiger partial charge in [-0.25, -0.2) is 9.97 Å². The summed E-state index contributed by atoms with van der Waals surface area (Å²) in [5.41, 5.74) is 5.45. The van der Waals surface area contributed by atoms with Crippen LogP contribution in [0.4, 0.5) is 17.3 Å². The molecule has 2 N–H and O–H groups in total. The second-order valence-corrected chi connectivity index (χ2v) is 8.01. The van der Waals surface area contributed by atoms with Crippen LogP contribution in [-0.4, -0.2) is 41.0 Å². The maximum absolute atomic E-state index is 12.4. The number of amides is 1. The Balaban J connectivity index is 1.49. The summed E-state index contributed by atoms with van der Waals surface area (Å²) in [4.78, 5) is 24.1. The van der Waals surface area contributed by atoms with E-state index in [0.29, 0.717) is 5.95 Å². The Morgan fingerprint density at radius 1 is 1.13 bits per heavy atom. The van der Waals surface area contributed by atoms with E-state index in [-0.39, 0.29) is 12.3 Å². The van der Waals surface area contributed by atoms with E-state index in [0.717, 1.165) is 53.6 Å². The third-order valence-corrected chi connectivity index (χ3v) is 5.78. The summed E-state index contributed by atoms with van der Waals surface area (Å²) in [6.45, 7) is 3.20. The summed E-state index contributed by atoms with van der Waals surface area (Å²) in [6, 6.07) is 13.8. The van der Waals surface area contributed by atoms with Gasteiger partial charge in [-0.1, -0.05) is 6.07 Å². The highest BCUT2D eigenvalue weighted by Crippen LogP contribution is 2.34. The highest BCUT2D eigenvalue weighted by Gasteiger charge is 2.22. The normalized spacial score (nSPS) is 15.6. The number of likely N-dealkylation sites (tertiary alicyclic amines) is 1. The predicted molar refractivity (Wildman–Crippen MR) is 121 cm³/mol. The minimum Gasteiger partial charge on any atom is -0.497 e. The molecule has 2 aliphatic rings. The SMILES string of the molecule is COc1ccc(Nc2ncc3c(n2)-c2cc(CN4CCCC4)ccc2NC(=O)C3)cc1. The molecule has 0 aliphatic carbocycles. The van der Waals surface area contributed by atoms with Crippen LogP contribution in [-0.2, 0) is 17.8 Å². The van der Waals surface area contributed by atoms with E-state index in [2.05, 4.69) is 32.7 Å². The van der Waals surface area contributed by atoms with E-state index in [1.165, 1.54) is 18.4 Å². The largest absolute Gasteiger partial charge is 0.497 e. The second-order valence-electron chi connectivity index (χ2n) is 8.01. The maximum atomic E-state index is 12.4. The topological polar surface area (TPSA) is 79.4 Å². The summed E-state index contributed by atoms with van der Waals surface area (Å²) in [5.74, 6) is 1.23. The lowest BCUT2D eigenvalue weighted by Gasteiger charge is -2.17. The van der Waals surface area contributed by atoms with Crippen LogP contribution in [0.3, 0.4) is 0 Å². The zero-order chi connectivity index (χ0) is 21.2. The summed E-state index contributed by atoms with van der Waals surface area (Å²) >= 11 is 0. The molecule has 0 atom stereocenters. The van der Waals surface area contributed by atoms with Crippen LogP contribution in [0.1, 0.15) is 24.0 Å². The first kappa shape index (κ1) is 19.5. The number of methoxy groups -OCH3 is 1. The number of benzene rings is 2. The molecule has 0 radical (unpaired) electrons. The first-order valence-electron chi connectivity index (χ1n) is 10.6. The molecule has 0 spiro atoms. The monoisotopic (exact) mass is 415 g/mol. The van der Waals surface area contributed by atoms with Gasteiger partial charge in [0.1, 0.15) is 5.75 Å². The number of aromatic nitrogens is 2. The number of nitrogens with one attached hydrogen (secondary N) is 2. The molecule has 0 saturated carbocycles. The summed E-state index contributed by atoms with van der Waals surface area (Å²) < 4.78 is 5.21. The van der Waals surface area contributed by atoms with E-state index >= 15 is 0 Å². The minimum absolute atomic E-state index is 0.0493. The molecule has 3 aromatic rings.